The number of aliphatic hydroxyl groups is 1. The molecule has 0 aromatic heterocycles. The Kier molecular flexibility index (Phi) is 4.24. The van der Waals surface area contributed by atoms with Crippen LogP contribution in [-0.2, 0) is 0 Å². The van der Waals surface area contributed by atoms with Crippen molar-refractivity contribution in [3.05, 3.63) is 48.8 Å². The van der Waals surface area contributed by atoms with Gasteiger partial charge >= 0.3 is 0 Å². The topological polar surface area (TPSA) is 112 Å². The van der Waals surface area contributed by atoms with E-state index in [9.17, 15) is 10.1 Å². The van der Waals surface area contributed by atoms with Gasteiger partial charge in [-0.3, -0.25) is 10.1 Å². The summed E-state index contributed by atoms with van der Waals surface area (Å²) in [7, 11) is 0. The largest absolute Gasteiger partial charge is 0.396 e. The first-order chi connectivity index (χ1) is 7.60. The SMILES string of the molecule is [N-]=[N+]=NC(CO)c1ccc([N+](=O)[O-])cc1Br. The van der Waals surface area contributed by atoms with Gasteiger partial charge in [-0.1, -0.05) is 27.1 Å². The molecule has 1 aromatic carbocycles. The summed E-state index contributed by atoms with van der Waals surface area (Å²) >= 11 is 3.13. The summed E-state index contributed by atoms with van der Waals surface area (Å²) in [6.45, 7) is -0.361. The van der Waals surface area contributed by atoms with Crippen molar-refractivity contribution in [1.29, 1.82) is 0 Å². The predicted molar refractivity (Wildman–Crippen MR) is 59.8 cm³/mol. The minimum atomic E-state index is -0.750. The van der Waals surface area contributed by atoms with Crippen LogP contribution < -0.4 is 0 Å². The molecule has 16 heavy (non-hydrogen) atoms. The van der Waals surface area contributed by atoms with Gasteiger partial charge in [0.1, 0.15) is 0 Å². The Bertz CT molecular complexity index is 459. The molecule has 0 bridgehead atoms. The second-order valence-electron chi connectivity index (χ2n) is 2.87. The number of benzene rings is 1. The number of nitro benzene ring substituents is 1. The highest BCUT2D eigenvalue weighted by molar-refractivity contribution is 9.10. The molecular weight excluding hydrogens is 280 g/mol. The number of rotatable bonds is 4. The number of aliphatic hydroxyl groups excluding tert-OH is 1. The maximum Gasteiger partial charge on any atom is 0.270 e. The minimum absolute atomic E-state index is 0.0757. The lowest BCUT2D eigenvalue weighted by atomic mass is 10.1. The van der Waals surface area contributed by atoms with Crippen LogP contribution in [0, 0.1) is 10.1 Å². The molecule has 0 aliphatic heterocycles. The molecule has 0 aliphatic rings. The normalized spacial score (nSPS) is 11.6. The zero-order valence-corrected chi connectivity index (χ0v) is 9.53. The van der Waals surface area contributed by atoms with Crippen LogP contribution in [0.3, 0.4) is 0 Å². The fourth-order valence-electron chi connectivity index (χ4n) is 1.16. The van der Waals surface area contributed by atoms with E-state index in [1.807, 2.05) is 0 Å². The molecule has 0 amide bonds. The molecule has 0 aliphatic carbocycles. The van der Waals surface area contributed by atoms with Crippen molar-refractivity contribution in [2.75, 3.05) is 6.61 Å². The van der Waals surface area contributed by atoms with E-state index in [0.29, 0.717) is 10.0 Å². The molecule has 0 heterocycles. The lowest BCUT2D eigenvalue weighted by molar-refractivity contribution is -0.384. The van der Waals surface area contributed by atoms with Crippen LogP contribution in [0.25, 0.3) is 10.4 Å². The summed E-state index contributed by atoms with van der Waals surface area (Å²) in [5, 5.41) is 22.9. The molecule has 1 rings (SSSR count). The molecule has 1 aromatic rings. The van der Waals surface area contributed by atoms with Crippen molar-refractivity contribution in [3.63, 3.8) is 0 Å². The molecule has 0 saturated carbocycles. The van der Waals surface area contributed by atoms with E-state index in [1.54, 1.807) is 0 Å². The molecule has 1 atom stereocenters. The number of hydrogen-bond donors (Lipinski definition) is 1. The number of azide groups is 1. The van der Waals surface area contributed by atoms with E-state index >= 15 is 0 Å². The van der Waals surface area contributed by atoms with Gasteiger partial charge in [0.25, 0.3) is 5.69 Å². The smallest absolute Gasteiger partial charge is 0.270 e. The molecule has 0 radical (unpaired) electrons. The van der Waals surface area contributed by atoms with Gasteiger partial charge in [-0.15, -0.1) is 0 Å². The summed E-state index contributed by atoms with van der Waals surface area (Å²) in [4.78, 5) is 12.5. The number of nitro groups is 1. The molecule has 84 valence electrons. The van der Waals surface area contributed by atoms with Crippen molar-refractivity contribution in [3.8, 4) is 0 Å². The summed E-state index contributed by atoms with van der Waals surface area (Å²) in [5.41, 5.74) is 8.72. The van der Waals surface area contributed by atoms with E-state index in [4.69, 9.17) is 10.6 Å². The standard InChI is InChI=1S/C8H7BrN4O3/c9-7-3-5(13(15)16)1-2-6(7)8(4-14)11-12-10/h1-3,8,14H,4H2. The molecule has 0 saturated heterocycles. The monoisotopic (exact) mass is 286 g/mol. The van der Waals surface area contributed by atoms with Gasteiger partial charge in [-0.05, 0) is 11.1 Å². The van der Waals surface area contributed by atoms with Crippen LogP contribution in [0.2, 0.25) is 0 Å². The molecule has 7 nitrogen and oxygen atoms in total. The first-order valence-electron chi connectivity index (χ1n) is 4.19. The number of non-ortho nitro benzene ring substituents is 1. The number of nitrogens with zero attached hydrogens (tertiary/aromatic N) is 4. The van der Waals surface area contributed by atoms with Crippen LogP contribution in [0.4, 0.5) is 5.69 Å². The van der Waals surface area contributed by atoms with Crippen molar-refractivity contribution in [1.82, 2.24) is 0 Å². The van der Waals surface area contributed by atoms with Crippen LogP contribution in [0.1, 0.15) is 11.6 Å². The molecule has 8 heteroatoms. The second-order valence-corrected chi connectivity index (χ2v) is 3.72. The zero-order chi connectivity index (χ0) is 12.1. The fraction of sp³-hybridized carbons (Fsp3) is 0.250. The summed E-state index contributed by atoms with van der Waals surface area (Å²) in [5.74, 6) is 0. The first kappa shape index (κ1) is 12.4. The lowest BCUT2D eigenvalue weighted by Crippen LogP contribution is -2.01. The van der Waals surface area contributed by atoms with Crippen molar-refractivity contribution in [2.45, 2.75) is 6.04 Å². The van der Waals surface area contributed by atoms with Gasteiger partial charge in [0, 0.05) is 21.5 Å². The van der Waals surface area contributed by atoms with Gasteiger partial charge in [0.05, 0.1) is 17.6 Å². The Morgan fingerprint density at radius 2 is 2.38 bits per heavy atom. The highest BCUT2D eigenvalue weighted by Gasteiger charge is 2.15. The van der Waals surface area contributed by atoms with Crippen molar-refractivity contribution in [2.24, 2.45) is 5.11 Å². The van der Waals surface area contributed by atoms with Crippen LogP contribution >= 0.6 is 15.9 Å². The van der Waals surface area contributed by atoms with E-state index in [1.165, 1.54) is 18.2 Å². The van der Waals surface area contributed by atoms with Crippen LogP contribution in [0.15, 0.2) is 27.8 Å². The Hall–Kier alpha value is -1.63. The van der Waals surface area contributed by atoms with Crippen LogP contribution in [-0.4, -0.2) is 16.6 Å². The highest BCUT2D eigenvalue weighted by Crippen LogP contribution is 2.29. The fourth-order valence-corrected chi connectivity index (χ4v) is 1.79. The molecule has 1 N–H and O–H groups in total. The lowest BCUT2D eigenvalue weighted by Gasteiger charge is -2.09. The minimum Gasteiger partial charge on any atom is -0.396 e. The van der Waals surface area contributed by atoms with Gasteiger partial charge in [-0.25, -0.2) is 0 Å². The number of halogens is 1. The summed E-state index contributed by atoms with van der Waals surface area (Å²) in [6, 6.07) is 3.28. The maximum absolute atomic E-state index is 10.5. The van der Waals surface area contributed by atoms with E-state index in [0.717, 1.165) is 0 Å². The Labute approximate surface area is 98.6 Å². The summed E-state index contributed by atoms with van der Waals surface area (Å²) < 4.78 is 0.424. The molecule has 0 fully saturated rings. The van der Waals surface area contributed by atoms with E-state index in [-0.39, 0.29) is 12.3 Å². The average Bonchev–Trinajstić information content (AvgIpc) is 2.26. The summed E-state index contributed by atoms with van der Waals surface area (Å²) in [6.07, 6.45) is 0. The van der Waals surface area contributed by atoms with Gasteiger partial charge < -0.3 is 5.11 Å². The van der Waals surface area contributed by atoms with Crippen LogP contribution in [0.5, 0.6) is 0 Å². The van der Waals surface area contributed by atoms with Gasteiger partial charge in [-0.2, -0.15) is 0 Å². The maximum atomic E-state index is 10.5. The number of hydrogen-bond acceptors (Lipinski definition) is 4. The molecule has 1 unspecified atom stereocenters. The quantitative estimate of drug-likeness (QED) is 0.302. The van der Waals surface area contributed by atoms with E-state index < -0.39 is 11.0 Å². The third-order valence-corrected chi connectivity index (χ3v) is 2.60. The predicted octanol–water partition coefficient (Wildman–Crippen LogP) is 2.70. The third-order valence-electron chi connectivity index (χ3n) is 1.92. The molecular formula is C8H7BrN4O3. The Morgan fingerprint density at radius 1 is 1.69 bits per heavy atom. The average molecular weight is 287 g/mol. The van der Waals surface area contributed by atoms with Crippen molar-refractivity contribution >= 4 is 21.6 Å². The Balaban J connectivity index is 3.15. The molecule has 0 spiro atoms. The first-order valence-corrected chi connectivity index (χ1v) is 4.98. The van der Waals surface area contributed by atoms with E-state index in [2.05, 4.69) is 26.0 Å². The second kappa shape index (κ2) is 5.45. The van der Waals surface area contributed by atoms with Gasteiger partial charge in [0.2, 0.25) is 0 Å². The third kappa shape index (κ3) is 2.69. The Morgan fingerprint density at radius 3 is 2.81 bits per heavy atom. The van der Waals surface area contributed by atoms with Gasteiger partial charge in [0.15, 0.2) is 0 Å². The highest BCUT2D eigenvalue weighted by atomic mass is 79.9. The van der Waals surface area contributed by atoms with Crippen molar-refractivity contribution < 1.29 is 10.0 Å². The zero-order valence-electron chi connectivity index (χ0n) is 7.95.